The Balaban J connectivity index is 3.30. The van der Waals surface area contributed by atoms with Gasteiger partial charge in [0.05, 0.1) is 0 Å². The molecule has 0 heterocycles. The predicted octanol–water partition coefficient (Wildman–Crippen LogP) is 3.02. The van der Waals surface area contributed by atoms with E-state index in [0.29, 0.717) is 22.4 Å². The molecule has 0 aliphatic carbocycles. The van der Waals surface area contributed by atoms with Gasteiger partial charge in [-0.1, -0.05) is 23.7 Å². The fraction of sp³-hybridized carbons (Fsp3) is 0.200. The lowest BCUT2D eigenvalue weighted by Crippen LogP contribution is -2.05. The van der Waals surface area contributed by atoms with E-state index in [2.05, 4.69) is 0 Å². The first-order chi connectivity index (χ1) is 6.57. The minimum absolute atomic E-state index is 0.233. The van der Waals surface area contributed by atoms with E-state index in [-0.39, 0.29) is 5.78 Å². The summed E-state index contributed by atoms with van der Waals surface area (Å²) in [5, 5.41) is -0.520. The molecule has 0 aliphatic rings. The van der Waals surface area contributed by atoms with Gasteiger partial charge in [-0.15, -0.1) is 11.6 Å². The molecule has 0 bridgehead atoms. The summed E-state index contributed by atoms with van der Waals surface area (Å²) in [5.41, 5.74) is 0.742. The number of aldehydes is 1. The maximum Gasteiger partial charge on any atom is 0.152 e. The average molecular weight is 231 g/mol. The van der Waals surface area contributed by atoms with Crippen LogP contribution in [0.25, 0.3) is 0 Å². The van der Waals surface area contributed by atoms with Gasteiger partial charge in [0, 0.05) is 16.1 Å². The molecule has 0 saturated heterocycles. The molecule has 1 rings (SSSR count). The van der Waals surface area contributed by atoms with Crippen LogP contribution >= 0.6 is 23.2 Å². The van der Waals surface area contributed by atoms with Gasteiger partial charge in [0.25, 0.3) is 0 Å². The number of Topliss-reactive ketones (excluding diaryl/α,β-unsaturated/α-hetero) is 1. The number of rotatable bonds is 3. The summed E-state index contributed by atoms with van der Waals surface area (Å²) in [7, 11) is 0. The molecule has 1 atom stereocenters. The Bertz CT molecular complexity index is 374. The molecule has 0 saturated carbocycles. The molecule has 0 fully saturated rings. The van der Waals surface area contributed by atoms with Crippen molar-refractivity contribution >= 4 is 35.3 Å². The zero-order valence-electron chi connectivity index (χ0n) is 7.46. The number of carbonyl (C=O) groups excluding carboxylic acids is 2. The lowest BCUT2D eigenvalue weighted by Gasteiger charge is -2.10. The van der Waals surface area contributed by atoms with Gasteiger partial charge in [0.1, 0.15) is 11.7 Å². The molecule has 1 aromatic rings. The zero-order valence-corrected chi connectivity index (χ0v) is 8.97. The highest BCUT2D eigenvalue weighted by atomic mass is 35.5. The molecule has 4 heteroatoms. The second kappa shape index (κ2) is 4.58. The maximum atomic E-state index is 11.1. The van der Waals surface area contributed by atoms with Gasteiger partial charge in [-0.2, -0.15) is 0 Å². The van der Waals surface area contributed by atoms with Gasteiger partial charge in [0.2, 0.25) is 0 Å². The third-order valence-corrected chi connectivity index (χ3v) is 2.68. The number of benzene rings is 1. The highest BCUT2D eigenvalue weighted by molar-refractivity contribution is 6.36. The third kappa shape index (κ3) is 2.14. The van der Waals surface area contributed by atoms with Gasteiger partial charge < -0.3 is 0 Å². The topological polar surface area (TPSA) is 34.1 Å². The van der Waals surface area contributed by atoms with Crippen LogP contribution in [-0.4, -0.2) is 12.1 Å². The number of halogens is 2. The van der Waals surface area contributed by atoms with Crippen LogP contribution in [0, 0.1) is 0 Å². The van der Waals surface area contributed by atoms with Crippen LogP contribution in [-0.2, 0) is 4.79 Å². The molecule has 0 aromatic heterocycles. The monoisotopic (exact) mass is 230 g/mol. The number of carbonyl (C=O) groups is 2. The fourth-order valence-corrected chi connectivity index (χ4v) is 1.72. The van der Waals surface area contributed by atoms with E-state index in [9.17, 15) is 9.59 Å². The van der Waals surface area contributed by atoms with E-state index in [0.717, 1.165) is 0 Å². The van der Waals surface area contributed by atoms with Crippen LogP contribution in [0.1, 0.15) is 28.2 Å². The van der Waals surface area contributed by atoms with Gasteiger partial charge in [-0.25, -0.2) is 0 Å². The third-order valence-electron chi connectivity index (χ3n) is 1.82. The van der Waals surface area contributed by atoms with Crippen LogP contribution < -0.4 is 0 Å². The molecule has 0 N–H and O–H groups in total. The van der Waals surface area contributed by atoms with E-state index in [1.165, 1.54) is 6.92 Å². The molecule has 0 amide bonds. The molecule has 2 nitrogen and oxygen atoms in total. The summed E-state index contributed by atoms with van der Waals surface area (Å²) >= 11 is 11.7. The Kier molecular flexibility index (Phi) is 3.67. The predicted molar refractivity (Wildman–Crippen MR) is 56.1 cm³/mol. The maximum absolute atomic E-state index is 11.1. The molecular weight excluding hydrogens is 223 g/mol. The number of ketones is 1. The van der Waals surface area contributed by atoms with Crippen LogP contribution in [0.2, 0.25) is 5.02 Å². The summed E-state index contributed by atoms with van der Waals surface area (Å²) in [5.74, 6) is -0.233. The normalized spacial score (nSPS) is 12.2. The van der Waals surface area contributed by atoms with Gasteiger partial charge in [-0.05, 0) is 13.0 Å². The molecule has 1 unspecified atom stereocenters. The molecular formula is C10H8Cl2O2. The molecule has 0 spiro atoms. The highest BCUT2D eigenvalue weighted by Crippen LogP contribution is 2.30. The smallest absolute Gasteiger partial charge is 0.152 e. The van der Waals surface area contributed by atoms with Crippen molar-refractivity contribution < 1.29 is 9.59 Å². The number of hydrogen-bond acceptors (Lipinski definition) is 2. The van der Waals surface area contributed by atoms with Crippen molar-refractivity contribution in [2.75, 3.05) is 0 Å². The van der Waals surface area contributed by atoms with Crippen LogP contribution in [0.4, 0.5) is 0 Å². The van der Waals surface area contributed by atoms with Crippen molar-refractivity contribution in [3.63, 3.8) is 0 Å². The van der Waals surface area contributed by atoms with Crippen molar-refractivity contribution in [3.8, 4) is 0 Å². The largest absolute Gasteiger partial charge is 0.298 e. The van der Waals surface area contributed by atoms with E-state index >= 15 is 0 Å². The second-order valence-electron chi connectivity index (χ2n) is 2.83. The fourth-order valence-electron chi connectivity index (χ4n) is 1.13. The summed E-state index contributed by atoms with van der Waals surface area (Å²) in [6, 6.07) is 4.81. The molecule has 0 radical (unpaired) electrons. The van der Waals surface area contributed by atoms with Crippen molar-refractivity contribution in [2.24, 2.45) is 0 Å². The summed E-state index contributed by atoms with van der Waals surface area (Å²) in [6.45, 7) is 1.36. The average Bonchev–Trinajstić information content (AvgIpc) is 2.16. The Morgan fingerprint density at radius 2 is 2.14 bits per heavy atom. The van der Waals surface area contributed by atoms with Crippen molar-refractivity contribution in [1.82, 2.24) is 0 Å². The standard InChI is InChI=1S/C10H8Cl2O2/c1-6(14)10(12)9-7(5-13)3-2-4-8(9)11/h2-5,10H,1H3. The van der Waals surface area contributed by atoms with Gasteiger partial charge in [-0.3, -0.25) is 9.59 Å². The number of alkyl halides is 1. The lowest BCUT2D eigenvalue weighted by molar-refractivity contribution is -0.116. The van der Waals surface area contributed by atoms with E-state index in [1.807, 2.05) is 0 Å². The van der Waals surface area contributed by atoms with Gasteiger partial charge in [0.15, 0.2) is 5.78 Å². The molecule has 74 valence electrons. The SMILES string of the molecule is CC(=O)C(Cl)c1c(Cl)cccc1C=O. The Hall–Kier alpha value is -0.860. The van der Waals surface area contributed by atoms with Gasteiger partial charge >= 0.3 is 0 Å². The Morgan fingerprint density at radius 1 is 1.50 bits per heavy atom. The van der Waals surface area contributed by atoms with Crippen molar-refractivity contribution in [2.45, 2.75) is 12.3 Å². The first-order valence-corrected chi connectivity index (χ1v) is 4.77. The summed E-state index contributed by atoms with van der Waals surface area (Å²) < 4.78 is 0. The van der Waals surface area contributed by atoms with Crippen molar-refractivity contribution in [3.05, 3.63) is 34.3 Å². The second-order valence-corrected chi connectivity index (χ2v) is 3.68. The first-order valence-electron chi connectivity index (χ1n) is 3.96. The molecule has 1 aromatic carbocycles. The van der Waals surface area contributed by atoms with Crippen LogP contribution in [0.15, 0.2) is 18.2 Å². The first kappa shape index (κ1) is 11.2. The van der Waals surface area contributed by atoms with Crippen LogP contribution in [0.3, 0.4) is 0 Å². The zero-order chi connectivity index (χ0) is 10.7. The van der Waals surface area contributed by atoms with Crippen molar-refractivity contribution in [1.29, 1.82) is 0 Å². The van der Waals surface area contributed by atoms with E-state index in [4.69, 9.17) is 23.2 Å². The lowest BCUT2D eigenvalue weighted by atomic mass is 10.0. The summed E-state index contributed by atoms with van der Waals surface area (Å²) in [4.78, 5) is 21.7. The molecule has 14 heavy (non-hydrogen) atoms. The van der Waals surface area contributed by atoms with E-state index < -0.39 is 5.38 Å². The molecule has 0 aliphatic heterocycles. The Morgan fingerprint density at radius 3 is 2.64 bits per heavy atom. The highest BCUT2D eigenvalue weighted by Gasteiger charge is 2.19. The van der Waals surface area contributed by atoms with E-state index in [1.54, 1.807) is 18.2 Å². The Labute approximate surface area is 91.8 Å². The number of hydrogen-bond donors (Lipinski definition) is 0. The quantitative estimate of drug-likeness (QED) is 0.591. The summed E-state index contributed by atoms with van der Waals surface area (Å²) in [6.07, 6.45) is 0.638. The minimum Gasteiger partial charge on any atom is -0.298 e. The van der Waals surface area contributed by atoms with Crippen LogP contribution in [0.5, 0.6) is 0 Å². The minimum atomic E-state index is -0.858.